The summed E-state index contributed by atoms with van der Waals surface area (Å²) in [5.41, 5.74) is 0. The largest absolute Gasteiger partial charge is 0.335 e. The number of nitrogens with zero attached hydrogens (tertiary/aromatic N) is 1. The molecule has 1 amide bonds. The third kappa shape index (κ3) is 6.77. The van der Waals surface area contributed by atoms with E-state index in [2.05, 4.69) is 6.58 Å². The molecule has 0 N–H and O–H groups in total. The molecule has 0 saturated heterocycles. The highest BCUT2D eigenvalue weighted by Gasteiger charge is 1.99. The fraction of sp³-hybridized carbons (Fsp3) is 0.500. The lowest BCUT2D eigenvalue weighted by Crippen LogP contribution is -2.26. The van der Waals surface area contributed by atoms with Crippen molar-refractivity contribution in [2.75, 3.05) is 13.6 Å². The molecule has 0 rings (SSSR count). The van der Waals surface area contributed by atoms with E-state index in [-0.39, 0.29) is 12.5 Å². The van der Waals surface area contributed by atoms with E-state index in [0.717, 1.165) is 0 Å². The van der Waals surface area contributed by atoms with Crippen LogP contribution in [0.25, 0.3) is 0 Å². The average molecular weight is 157 g/mol. The first kappa shape index (κ1) is 12.5. The van der Waals surface area contributed by atoms with Crippen molar-refractivity contribution < 1.29 is 9.59 Å². The summed E-state index contributed by atoms with van der Waals surface area (Å²) in [4.78, 5) is 21.6. The molecule has 0 aliphatic rings. The van der Waals surface area contributed by atoms with Gasteiger partial charge in [-0.2, -0.15) is 0 Å². The van der Waals surface area contributed by atoms with E-state index in [0.29, 0.717) is 6.29 Å². The number of carbonyl (C=O) groups is 2. The maximum Gasteiger partial charge on any atom is 0.246 e. The first-order chi connectivity index (χ1) is 5.22. The van der Waals surface area contributed by atoms with Gasteiger partial charge in [0.25, 0.3) is 0 Å². The van der Waals surface area contributed by atoms with Crippen molar-refractivity contribution in [3.8, 4) is 0 Å². The van der Waals surface area contributed by atoms with Gasteiger partial charge in [0.2, 0.25) is 5.91 Å². The lowest BCUT2D eigenvalue weighted by molar-refractivity contribution is -0.127. The smallest absolute Gasteiger partial charge is 0.246 e. The second-order valence-corrected chi connectivity index (χ2v) is 1.59. The molecular formula is C8H15NO2. The van der Waals surface area contributed by atoms with Gasteiger partial charge in [0.15, 0.2) is 0 Å². The number of carbonyl (C=O) groups excluding carboxylic acids is 2. The molecule has 0 fully saturated rings. The Morgan fingerprint density at radius 2 is 2.00 bits per heavy atom. The molecule has 64 valence electrons. The molecule has 0 radical (unpaired) electrons. The van der Waals surface area contributed by atoms with Gasteiger partial charge in [-0.3, -0.25) is 4.79 Å². The van der Waals surface area contributed by atoms with Crippen molar-refractivity contribution in [1.29, 1.82) is 0 Å². The topological polar surface area (TPSA) is 37.4 Å². The summed E-state index contributed by atoms with van der Waals surface area (Å²) in [7, 11) is 1.54. The third-order valence-electron chi connectivity index (χ3n) is 0.899. The Kier molecular flexibility index (Phi) is 10.1. The average Bonchev–Trinajstić information content (AvgIpc) is 2.07. The van der Waals surface area contributed by atoms with Crippen molar-refractivity contribution in [3.63, 3.8) is 0 Å². The van der Waals surface area contributed by atoms with E-state index < -0.39 is 0 Å². The predicted molar refractivity (Wildman–Crippen MR) is 45.2 cm³/mol. The number of aldehydes is 1. The number of amides is 1. The zero-order valence-electron chi connectivity index (χ0n) is 7.33. The van der Waals surface area contributed by atoms with Crippen molar-refractivity contribution in [1.82, 2.24) is 4.90 Å². The Bertz CT molecular complexity index is 132. The molecule has 0 unspecified atom stereocenters. The molecule has 3 nitrogen and oxygen atoms in total. The van der Waals surface area contributed by atoms with Gasteiger partial charge >= 0.3 is 0 Å². The van der Waals surface area contributed by atoms with Crippen LogP contribution in [0.2, 0.25) is 0 Å². The van der Waals surface area contributed by atoms with E-state index in [1.165, 1.54) is 11.0 Å². The van der Waals surface area contributed by atoms with E-state index in [1.54, 1.807) is 7.05 Å². The summed E-state index contributed by atoms with van der Waals surface area (Å²) in [6.07, 6.45) is 1.84. The second kappa shape index (κ2) is 8.88. The molecule has 0 spiro atoms. The predicted octanol–water partition coefficient (Wildman–Crippen LogP) is 0.856. The molecule has 0 aromatic heterocycles. The molecule has 0 aromatic carbocycles. The van der Waals surface area contributed by atoms with Crippen LogP contribution in [0, 0.1) is 0 Å². The number of hydrogen-bond acceptors (Lipinski definition) is 2. The fourth-order valence-corrected chi connectivity index (χ4v) is 0.358. The molecule has 0 atom stereocenters. The SMILES string of the molecule is C=CC(=O)N(C)CC=O.CC. The number of likely N-dealkylation sites (N-methyl/N-ethyl adjacent to an activating group) is 1. The van der Waals surface area contributed by atoms with Gasteiger partial charge in [-0.15, -0.1) is 0 Å². The highest BCUT2D eigenvalue weighted by molar-refractivity contribution is 5.88. The third-order valence-corrected chi connectivity index (χ3v) is 0.899. The van der Waals surface area contributed by atoms with Crippen molar-refractivity contribution in [3.05, 3.63) is 12.7 Å². The summed E-state index contributed by atoms with van der Waals surface area (Å²) >= 11 is 0. The van der Waals surface area contributed by atoms with Crippen LogP contribution in [0.15, 0.2) is 12.7 Å². The summed E-state index contributed by atoms with van der Waals surface area (Å²) in [5.74, 6) is -0.234. The van der Waals surface area contributed by atoms with Gasteiger partial charge in [-0.25, -0.2) is 0 Å². The number of rotatable bonds is 3. The molecular weight excluding hydrogens is 142 g/mol. The Labute approximate surface area is 67.7 Å². The molecule has 0 aromatic rings. The maximum absolute atomic E-state index is 10.6. The van der Waals surface area contributed by atoms with Gasteiger partial charge in [-0.1, -0.05) is 20.4 Å². The first-order valence-corrected chi connectivity index (χ1v) is 3.53. The van der Waals surface area contributed by atoms with Crippen molar-refractivity contribution in [2.24, 2.45) is 0 Å². The molecule has 0 heterocycles. The Morgan fingerprint density at radius 3 is 2.27 bits per heavy atom. The molecule has 3 heteroatoms. The van der Waals surface area contributed by atoms with E-state index in [1.807, 2.05) is 13.8 Å². The monoisotopic (exact) mass is 157 g/mol. The van der Waals surface area contributed by atoms with Gasteiger partial charge in [0.1, 0.15) is 6.29 Å². The second-order valence-electron chi connectivity index (χ2n) is 1.59. The van der Waals surface area contributed by atoms with Crippen molar-refractivity contribution in [2.45, 2.75) is 13.8 Å². The van der Waals surface area contributed by atoms with Gasteiger partial charge in [0.05, 0.1) is 6.54 Å². The lowest BCUT2D eigenvalue weighted by Gasteiger charge is -2.08. The van der Waals surface area contributed by atoms with E-state index in [4.69, 9.17) is 0 Å². The molecule has 11 heavy (non-hydrogen) atoms. The zero-order valence-corrected chi connectivity index (χ0v) is 7.33. The highest BCUT2D eigenvalue weighted by Crippen LogP contribution is 1.80. The lowest BCUT2D eigenvalue weighted by atomic mass is 10.5. The van der Waals surface area contributed by atoms with Gasteiger partial charge < -0.3 is 9.69 Å². The van der Waals surface area contributed by atoms with Crippen LogP contribution in [0.5, 0.6) is 0 Å². The normalized spacial score (nSPS) is 7.18. The Hall–Kier alpha value is -1.12. The summed E-state index contributed by atoms with van der Waals surface area (Å²) in [6.45, 7) is 7.39. The van der Waals surface area contributed by atoms with Crippen LogP contribution in [0.3, 0.4) is 0 Å². The standard InChI is InChI=1S/C6H9NO2.C2H6/c1-3-6(9)7(2)4-5-8;1-2/h3,5H,1,4H2,2H3;1-2H3. The van der Waals surface area contributed by atoms with Gasteiger partial charge in [0, 0.05) is 7.05 Å². The number of hydrogen-bond donors (Lipinski definition) is 0. The van der Waals surface area contributed by atoms with Crippen molar-refractivity contribution >= 4 is 12.2 Å². The van der Waals surface area contributed by atoms with E-state index >= 15 is 0 Å². The molecule has 0 saturated carbocycles. The summed E-state index contributed by atoms with van der Waals surface area (Å²) < 4.78 is 0. The molecule has 0 aliphatic heterocycles. The quantitative estimate of drug-likeness (QED) is 0.450. The summed E-state index contributed by atoms with van der Waals surface area (Å²) in [6, 6.07) is 0. The maximum atomic E-state index is 10.6. The Morgan fingerprint density at radius 1 is 1.55 bits per heavy atom. The fourth-order valence-electron chi connectivity index (χ4n) is 0.358. The molecule has 0 bridgehead atoms. The highest BCUT2D eigenvalue weighted by atomic mass is 16.2. The summed E-state index contributed by atoms with van der Waals surface area (Å²) in [5, 5.41) is 0. The minimum atomic E-state index is -0.234. The van der Waals surface area contributed by atoms with Crippen LogP contribution in [0.1, 0.15) is 13.8 Å². The van der Waals surface area contributed by atoms with Crippen LogP contribution in [-0.4, -0.2) is 30.7 Å². The van der Waals surface area contributed by atoms with E-state index in [9.17, 15) is 9.59 Å². The van der Waals surface area contributed by atoms with Crippen LogP contribution >= 0.6 is 0 Å². The zero-order chi connectivity index (χ0) is 9.28. The van der Waals surface area contributed by atoms with Crippen LogP contribution in [0.4, 0.5) is 0 Å². The van der Waals surface area contributed by atoms with Crippen LogP contribution < -0.4 is 0 Å². The molecule has 0 aliphatic carbocycles. The van der Waals surface area contributed by atoms with Crippen LogP contribution in [-0.2, 0) is 9.59 Å². The first-order valence-electron chi connectivity index (χ1n) is 3.53. The van der Waals surface area contributed by atoms with Gasteiger partial charge in [-0.05, 0) is 6.08 Å². The minimum absolute atomic E-state index is 0.130. The Balaban J connectivity index is 0. The minimum Gasteiger partial charge on any atom is -0.335 e.